The van der Waals surface area contributed by atoms with Crippen molar-refractivity contribution in [2.75, 3.05) is 0 Å². The van der Waals surface area contributed by atoms with Crippen molar-refractivity contribution in [2.24, 2.45) is 0 Å². The minimum absolute atomic E-state index is 0.125. The highest BCUT2D eigenvalue weighted by atomic mass is 32.1. The first-order valence-electron chi connectivity index (χ1n) is 6.50. The number of benzene rings is 1. The summed E-state index contributed by atoms with van der Waals surface area (Å²) in [5.41, 5.74) is 0.975. The van der Waals surface area contributed by atoms with Crippen molar-refractivity contribution in [3.8, 4) is 0 Å². The highest BCUT2D eigenvalue weighted by Gasteiger charge is 2.22. The van der Waals surface area contributed by atoms with E-state index >= 15 is 0 Å². The molecule has 1 heterocycles. The number of hydrogen-bond donors (Lipinski definition) is 0. The first kappa shape index (κ1) is 12.5. The van der Waals surface area contributed by atoms with Gasteiger partial charge in [0.1, 0.15) is 11.5 Å². The monoisotopic (exact) mass is 275 g/mol. The van der Waals surface area contributed by atoms with Gasteiger partial charge in [-0.15, -0.1) is 11.3 Å². The zero-order valence-corrected chi connectivity index (χ0v) is 11.3. The number of nitrogens with zero attached hydrogens (tertiary/aromatic N) is 1. The van der Waals surface area contributed by atoms with Gasteiger partial charge in [-0.2, -0.15) is 0 Å². The molecule has 0 aliphatic heterocycles. The Balaban J connectivity index is 1.82. The van der Waals surface area contributed by atoms with E-state index in [1.165, 1.54) is 49.9 Å². The molecule has 0 saturated heterocycles. The van der Waals surface area contributed by atoms with Crippen molar-refractivity contribution >= 4 is 17.1 Å². The molecular formula is C15H14FNOS. The van der Waals surface area contributed by atoms with E-state index in [2.05, 4.69) is 4.98 Å². The van der Waals surface area contributed by atoms with E-state index in [0.717, 1.165) is 5.01 Å². The molecule has 0 unspecified atom stereocenters. The molecule has 1 aromatic heterocycles. The van der Waals surface area contributed by atoms with Gasteiger partial charge in [0, 0.05) is 16.9 Å². The number of carbonyl (C=O) groups is 1. The smallest absolute Gasteiger partial charge is 0.212 e. The topological polar surface area (TPSA) is 30.0 Å². The van der Waals surface area contributed by atoms with Crippen LogP contribution in [-0.2, 0) is 0 Å². The first-order valence-corrected chi connectivity index (χ1v) is 7.38. The molecule has 1 fully saturated rings. The summed E-state index contributed by atoms with van der Waals surface area (Å²) >= 11 is 1.57. The van der Waals surface area contributed by atoms with Gasteiger partial charge in [0.15, 0.2) is 0 Å². The molecule has 98 valence electrons. The molecule has 2 nitrogen and oxygen atoms in total. The minimum Gasteiger partial charge on any atom is -0.287 e. The number of aromatic nitrogens is 1. The van der Waals surface area contributed by atoms with E-state index in [0.29, 0.717) is 17.2 Å². The van der Waals surface area contributed by atoms with Gasteiger partial charge in [-0.05, 0) is 37.1 Å². The standard InChI is InChI=1S/C15H14FNOS/c16-12-7-5-10(6-8-12)14(18)13-9-19-15(17-13)11-3-1-2-4-11/h5-9,11H,1-4H2. The van der Waals surface area contributed by atoms with Crippen molar-refractivity contribution in [1.29, 1.82) is 0 Å². The third kappa shape index (κ3) is 2.59. The van der Waals surface area contributed by atoms with Gasteiger partial charge in [0.05, 0.1) is 5.01 Å². The molecule has 1 aromatic carbocycles. The van der Waals surface area contributed by atoms with Gasteiger partial charge in [-0.25, -0.2) is 9.37 Å². The molecule has 0 spiro atoms. The molecule has 1 saturated carbocycles. The zero-order chi connectivity index (χ0) is 13.2. The van der Waals surface area contributed by atoms with E-state index in [-0.39, 0.29) is 11.6 Å². The predicted octanol–water partition coefficient (Wildman–Crippen LogP) is 4.17. The molecule has 0 amide bonds. The van der Waals surface area contributed by atoms with Gasteiger partial charge in [0.2, 0.25) is 5.78 Å². The lowest BCUT2D eigenvalue weighted by Crippen LogP contribution is -2.02. The summed E-state index contributed by atoms with van der Waals surface area (Å²) in [5, 5.41) is 2.89. The Labute approximate surface area is 115 Å². The fraction of sp³-hybridized carbons (Fsp3) is 0.333. The molecule has 0 bridgehead atoms. The van der Waals surface area contributed by atoms with Crippen LogP contribution < -0.4 is 0 Å². The Morgan fingerprint density at radius 2 is 1.89 bits per heavy atom. The summed E-state index contributed by atoms with van der Waals surface area (Å²) in [6, 6.07) is 5.62. The molecule has 2 aromatic rings. The fourth-order valence-electron chi connectivity index (χ4n) is 2.50. The Morgan fingerprint density at radius 3 is 2.58 bits per heavy atom. The summed E-state index contributed by atoms with van der Waals surface area (Å²) < 4.78 is 12.8. The summed E-state index contributed by atoms with van der Waals surface area (Å²) in [6.45, 7) is 0. The summed E-state index contributed by atoms with van der Waals surface area (Å²) in [7, 11) is 0. The number of thiazole rings is 1. The Kier molecular flexibility index (Phi) is 3.42. The van der Waals surface area contributed by atoms with Crippen molar-refractivity contribution < 1.29 is 9.18 Å². The molecule has 0 atom stereocenters. The minimum atomic E-state index is -0.332. The van der Waals surface area contributed by atoms with Crippen LogP contribution in [0.1, 0.15) is 52.7 Å². The lowest BCUT2D eigenvalue weighted by atomic mass is 10.1. The van der Waals surface area contributed by atoms with Crippen LogP contribution in [0, 0.1) is 5.82 Å². The van der Waals surface area contributed by atoms with Gasteiger partial charge in [-0.1, -0.05) is 12.8 Å². The third-order valence-electron chi connectivity index (χ3n) is 3.57. The summed E-state index contributed by atoms with van der Waals surface area (Å²) in [5.74, 6) is 0.0711. The molecule has 0 radical (unpaired) electrons. The number of hydrogen-bond acceptors (Lipinski definition) is 3. The zero-order valence-electron chi connectivity index (χ0n) is 10.4. The number of carbonyl (C=O) groups excluding carboxylic acids is 1. The highest BCUT2D eigenvalue weighted by molar-refractivity contribution is 7.10. The van der Waals surface area contributed by atoms with Crippen LogP contribution in [0.3, 0.4) is 0 Å². The van der Waals surface area contributed by atoms with Crippen molar-refractivity contribution in [3.63, 3.8) is 0 Å². The van der Waals surface area contributed by atoms with Crippen LogP contribution in [0.5, 0.6) is 0 Å². The Bertz CT molecular complexity index is 584. The molecule has 3 rings (SSSR count). The normalized spacial score (nSPS) is 15.8. The lowest BCUT2D eigenvalue weighted by molar-refractivity contribution is 0.103. The largest absolute Gasteiger partial charge is 0.287 e. The van der Waals surface area contributed by atoms with E-state index in [1.54, 1.807) is 11.3 Å². The van der Waals surface area contributed by atoms with Crippen molar-refractivity contribution in [1.82, 2.24) is 4.98 Å². The Morgan fingerprint density at radius 1 is 1.21 bits per heavy atom. The SMILES string of the molecule is O=C(c1ccc(F)cc1)c1csc(C2CCCC2)n1. The van der Waals surface area contributed by atoms with Crippen LogP contribution in [0.4, 0.5) is 4.39 Å². The second kappa shape index (κ2) is 5.21. The van der Waals surface area contributed by atoms with Crippen molar-refractivity contribution in [2.45, 2.75) is 31.6 Å². The van der Waals surface area contributed by atoms with Gasteiger partial charge >= 0.3 is 0 Å². The number of ketones is 1. The maximum atomic E-state index is 12.8. The van der Waals surface area contributed by atoms with E-state index in [1.807, 2.05) is 5.38 Å². The first-order chi connectivity index (χ1) is 9.24. The third-order valence-corrected chi connectivity index (χ3v) is 4.57. The van der Waals surface area contributed by atoms with Crippen LogP contribution in [0.15, 0.2) is 29.6 Å². The average molecular weight is 275 g/mol. The summed E-state index contributed by atoms with van der Waals surface area (Å²) in [6.07, 6.45) is 4.87. The predicted molar refractivity (Wildman–Crippen MR) is 73.2 cm³/mol. The van der Waals surface area contributed by atoms with Gasteiger partial charge < -0.3 is 0 Å². The maximum Gasteiger partial charge on any atom is 0.212 e. The van der Waals surface area contributed by atoms with E-state index in [4.69, 9.17) is 0 Å². The number of rotatable bonds is 3. The van der Waals surface area contributed by atoms with E-state index < -0.39 is 0 Å². The second-order valence-corrected chi connectivity index (χ2v) is 5.78. The molecule has 0 N–H and O–H groups in total. The quantitative estimate of drug-likeness (QED) is 0.787. The average Bonchev–Trinajstić information content (AvgIpc) is 3.10. The van der Waals surface area contributed by atoms with Crippen LogP contribution in [-0.4, -0.2) is 10.8 Å². The Hall–Kier alpha value is -1.55. The maximum absolute atomic E-state index is 12.8. The molecule has 4 heteroatoms. The van der Waals surface area contributed by atoms with E-state index in [9.17, 15) is 9.18 Å². The molecular weight excluding hydrogens is 261 g/mol. The number of halogens is 1. The lowest BCUT2D eigenvalue weighted by Gasteiger charge is -2.02. The molecule has 1 aliphatic carbocycles. The fourth-order valence-corrected chi connectivity index (χ4v) is 3.47. The van der Waals surface area contributed by atoms with Crippen molar-refractivity contribution in [3.05, 3.63) is 51.7 Å². The summed E-state index contributed by atoms with van der Waals surface area (Å²) in [4.78, 5) is 16.7. The molecule has 19 heavy (non-hydrogen) atoms. The van der Waals surface area contributed by atoms with Gasteiger partial charge in [-0.3, -0.25) is 4.79 Å². The van der Waals surface area contributed by atoms with Crippen LogP contribution >= 0.6 is 11.3 Å². The van der Waals surface area contributed by atoms with Crippen LogP contribution in [0.2, 0.25) is 0 Å². The van der Waals surface area contributed by atoms with Gasteiger partial charge in [0.25, 0.3) is 0 Å². The highest BCUT2D eigenvalue weighted by Crippen LogP contribution is 2.35. The van der Waals surface area contributed by atoms with Crippen LogP contribution in [0.25, 0.3) is 0 Å². The second-order valence-electron chi connectivity index (χ2n) is 4.89. The molecule has 1 aliphatic rings.